The smallest absolute Gasteiger partial charge is 0.104 e. The van der Waals surface area contributed by atoms with Gasteiger partial charge in [-0.3, -0.25) is 0 Å². The van der Waals surface area contributed by atoms with E-state index in [1.165, 1.54) is 23.0 Å². The van der Waals surface area contributed by atoms with Gasteiger partial charge in [-0.1, -0.05) is 19.4 Å². The second kappa shape index (κ2) is 4.66. The summed E-state index contributed by atoms with van der Waals surface area (Å²) in [6.45, 7) is 4.21. The molecule has 2 heterocycles. The van der Waals surface area contributed by atoms with E-state index in [1.807, 2.05) is 0 Å². The van der Waals surface area contributed by atoms with E-state index in [0.29, 0.717) is 0 Å². The minimum absolute atomic E-state index is 0.947. The van der Waals surface area contributed by atoms with Crippen LogP contribution in [0.1, 0.15) is 31.2 Å². The molecule has 0 aromatic carbocycles. The van der Waals surface area contributed by atoms with Crippen molar-refractivity contribution < 1.29 is 0 Å². The molecular weight excluding hydrogens is 194 g/mol. The van der Waals surface area contributed by atoms with Gasteiger partial charge in [-0.15, -0.1) is 0 Å². The minimum atomic E-state index is 0.947. The minimum Gasteiger partial charge on any atom is -0.312 e. The molecular formula is C10H15N3S. The summed E-state index contributed by atoms with van der Waals surface area (Å²) >= 11 is 1.33. The van der Waals surface area contributed by atoms with E-state index in [-0.39, 0.29) is 0 Å². The Balaban J connectivity index is 2.21. The highest BCUT2D eigenvalue weighted by Gasteiger charge is 2.13. The maximum atomic E-state index is 4.38. The zero-order valence-corrected chi connectivity index (χ0v) is 9.23. The Morgan fingerprint density at radius 2 is 2.43 bits per heavy atom. The molecule has 0 atom stereocenters. The maximum Gasteiger partial charge on any atom is 0.104 e. The summed E-state index contributed by atoms with van der Waals surface area (Å²) in [5.41, 5.74) is 3.63. The lowest BCUT2D eigenvalue weighted by Crippen LogP contribution is -2.22. The van der Waals surface area contributed by atoms with Crippen LogP contribution in [0.3, 0.4) is 0 Å². The van der Waals surface area contributed by atoms with Gasteiger partial charge in [-0.25, -0.2) is 0 Å². The Morgan fingerprint density at radius 3 is 3.14 bits per heavy atom. The highest BCUT2D eigenvalue weighted by Crippen LogP contribution is 2.20. The summed E-state index contributed by atoms with van der Waals surface area (Å²) in [5, 5.41) is 3.36. The van der Waals surface area contributed by atoms with Gasteiger partial charge in [0.15, 0.2) is 0 Å². The molecule has 3 nitrogen and oxygen atoms in total. The number of nitrogens with zero attached hydrogens (tertiary/aromatic N) is 2. The number of hydrogen-bond acceptors (Lipinski definition) is 4. The third-order valence-electron chi connectivity index (χ3n) is 2.37. The van der Waals surface area contributed by atoms with Crippen LogP contribution in [0.5, 0.6) is 0 Å². The predicted octanol–water partition coefficient (Wildman–Crippen LogP) is 1.87. The average Bonchev–Trinajstić information content (AvgIpc) is 2.68. The number of nitrogens with one attached hydrogen (secondary N) is 1. The van der Waals surface area contributed by atoms with Crippen LogP contribution in [0.2, 0.25) is 0 Å². The molecule has 0 radical (unpaired) electrons. The second-order valence-electron chi connectivity index (χ2n) is 3.50. The lowest BCUT2D eigenvalue weighted by Gasteiger charge is -2.12. The SMILES string of the molecule is CCCc1nsnc1C1=CCCNC1. The van der Waals surface area contributed by atoms with Crippen LogP contribution in [0, 0.1) is 0 Å². The summed E-state index contributed by atoms with van der Waals surface area (Å²) < 4.78 is 8.72. The van der Waals surface area contributed by atoms with Gasteiger partial charge in [0.05, 0.1) is 17.4 Å². The van der Waals surface area contributed by atoms with Gasteiger partial charge in [0, 0.05) is 6.54 Å². The standard InChI is InChI=1S/C10H15N3S/c1-2-4-9-10(13-14-12-9)8-5-3-6-11-7-8/h5,11H,2-4,6-7H2,1H3. The molecule has 1 N–H and O–H groups in total. The topological polar surface area (TPSA) is 37.8 Å². The molecule has 14 heavy (non-hydrogen) atoms. The zero-order chi connectivity index (χ0) is 9.80. The molecule has 1 aliphatic rings. The van der Waals surface area contributed by atoms with Crippen LogP contribution in [0.25, 0.3) is 5.57 Å². The average molecular weight is 209 g/mol. The van der Waals surface area contributed by atoms with E-state index in [2.05, 4.69) is 27.1 Å². The lowest BCUT2D eigenvalue weighted by molar-refractivity contribution is 0.736. The van der Waals surface area contributed by atoms with Gasteiger partial charge < -0.3 is 5.32 Å². The molecule has 1 aromatic heterocycles. The molecule has 0 unspecified atom stereocenters. The van der Waals surface area contributed by atoms with Crippen LogP contribution < -0.4 is 5.32 Å². The third-order valence-corrected chi connectivity index (χ3v) is 2.94. The van der Waals surface area contributed by atoms with Crippen molar-refractivity contribution >= 4 is 17.3 Å². The van der Waals surface area contributed by atoms with E-state index in [4.69, 9.17) is 0 Å². The zero-order valence-electron chi connectivity index (χ0n) is 8.42. The molecule has 76 valence electrons. The van der Waals surface area contributed by atoms with Gasteiger partial charge in [0.1, 0.15) is 5.69 Å². The largest absolute Gasteiger partial charge is 0.312 e. The van der Waals surface area contributed by atoms with Crippen LogP contribution >= 0.6 is 11.7 Å². The third kappa shape index (κ3) is 2.01. The summed E-state index contributed by atoms with van der Waals surface area (Å²) in [6, 6.07) is 0. The van der Waals surface area contributed by atoms with Crippen molar-refractivity contribution in [3.63, 3.8) is 0 Å². The van der Waals surface area contributed by atoms with Crippen molar-refractivity contribution in [1.82, 2.24) is 14.1 Å². The van der Waals surface area contributed by atoms with Crippen molar-refractivity contribution in [2.24, 2.45) is 0 Å². The van der Waals surface area contributed by atoms with E-state index >= 15 is 0 Å². The number of aromatic nitrogens is 2. The molecule has 0 fully saturated rings. The number of rotatable bonds is 3. The van der Waals surface area contributed by atoms with Crippen molar-refractivity contribution in [2.75, 3.05) is 13.1 Å². The van der Waals surface area contributed by atoms with E-state index in [0.717, 1.165) is 38.0 Å². The van der Waals surface area contributed by atoms with Gasteiger partial charge in [0.25, 0.3) is 0 Å². The van der Waals surface area contributed by atoms with Crippen molar-refractivity contribution in [3.8, 4) is 0 Å². The first kappa shape index (κ1) is 9.80. The van der Waals surface area contributed by atoms with E-state index in [9.17, 15) is 0 Å². The molecule has 0 amide bonds. The molecule has 0 bridgehead atoms. The summed E-state index contributed by atoms with van der Waals surface area (Å²) in [6.07, 6.45) is 5.58. The fourth-order valence-electron chi connectivity index (χ4n) is 1.68. The van der Waals surface area contributed by atoms with Gasteiger partial charge in [-0.05, 0) is 25.0 Å². The van der Waals surface area contributed by atoms with Crippen LogP contribution in [0.4, 0.5) is 0 Å². The predicted molar refractivity (Wildman–Crippen MR) is 59.4 cm³/mol. The Labute approximate surface area is 88.6 Å². The summed E-state index contributed by atoms with van der Waals surface area (Å²) in [5.74, 6) is 0. The maximum absolute atomic E-state index is 4.38. The van der Waals surface area contributed by atoms with Gasteiger partial charge in [-0.2, -0.15) is 8.75 Å². The Bertz CT molecular complexity index is 330. The molecule has 2 rings (SSSR count). The summed E-state index contributed by atoms with van der Waals surface area (Å²) in [4.78, 5) is 0. The van der Waals surface area contributed by atoms with E-state index in [1.54, 1.807) is 0 Å². The van der Waals surface area contributed by atoms with Crippen LogP contribution in [-0.4, -0.2) is 21.8 Å². The Morgan fingerprint density at radius 1 is 1.50 bits per heavy atom. The lowest BCUT2D eigenvalue weighted by atomic mass is 10.0. The van der Waals surface area contributed by atoms with Crippen molar-refractivity contribution in [1.29, 1.82) is 0 Å². The highest BCUT2D eigenvalue weighted by atomic mass is 32.1. The van der Waals surface area contributed by atoms with E-state index < -0.39 is 0 Å². The number of aryl methyl sites for hydroxylation is 1. The Kier molecular flexibility index (Phi) is 3.26. The molecule has 4 heteroatoms. The molecule has 0 saturated heterocycles. The fraction of sp³-hybridized carbons (Fsp3) is 0.600. The van der Waals surface area contributed by atoms with Crippen LogP contribution in [0.15, 0.2) is 6.08 Å². The molecule has 1 aromatic rings. The monoisotopic (exact) mass is 209 g/mol. The molecule has 0 spiro atoms. The molecule has 1 aliphatic heterocycles. The first-order valence-electron chi connectivity index (χ1n) is 5.13. The first-order valence-corrected chi connectivity index (χ1v) is 5.86. The molecule has 0 saturated carbocycles. The quantitative estimate of drug-likeness (QED) is 0.825. The van der Waals surface area contributed by atoms with Crippen molar-refractivity contribution in [3.05, 3.63) is 17.5 Å². The fourth-order valence-corrected chi connectivity index (χ4v) is 2.30. The second-order valence-corrected chi connectivity index (χ2v) is 4.03. The van der Waals surface area contributed by atoms with Crippen LogP contribution in [-0.2, 0) is 6.42 Å². The normalized spacial score (nSPS) is 16.8. The van der Waals surface area contributed by atoms with Crippen molar-refractivity contribution in [2.45, 2.75) is 26.2 Å². The van der Waals surface area contributed by atoms with Gasteiger partial charge >= 0.3 is 0 Å². The summed E-state index contributed by atoms with van der Waals surface area (Å²) in [7, 11) is 0. The highest BCUT2D eigenvalue weighted by molar-refractivity contribution is 6.99. The number of hydrogen-bond donors (Lipinski definition) is 1. The molecule has 0 aliphatic carbocycles. The van der Waals surface area contributed by atoms with Gasteiger partial charge in [0.2, 0.25) is 0 Å². The Hall–Kier alpha value is -0.740. The first-order chi connectivity index (χ1) is 6.92.